The molecular weight excluding hydrogens is 674 g/mol. The van der Waals surface area contributed by atoms with Gasteiger partial charge in [0.1, 0.15) is 23.9 Å². The number of ether oxygens (including phenoxy) is 5. The van der Waals surface area contributed by atoms with E-state index in [0.717, 1.165) is 23.1 Å². The number of amides is 1. The van der Waals surface area contributed by atoms with Crippen molar-refractivity contribution in [3.8, 4) is 0 Å². The number of methoxy groups -OCH3 is 1. The third-order valence-corrected chi connectivity index (χ3v) is 9.46. The average Bonchev–Trinajstić information content (AvgIpc) is 3.11. The molecule has 3 heterocycles. The summed E-state index contributed by atoms with van der Waals surface area (Å²) in [6.07, 6.45) is 24.4. The lowest BCUT2D eigenvalue weighted by atomic mass is 9.96. The fourth-order valence-electron chi connectivity index (χ4n) is 6.14. The first-order valence-electron chi connectivity index (χ1n) is 18.6. The van der Waals surface area contributed by atoms with Crippen LogP contribution in [0.15, 0.2) is 108 Å². The van der Waals surface area contributed by atoms with Gasteiger partial charge in [-0.3, -0.25) is 4.79 Å². The normalized spacial score (nSPS) is 41.3. The van der Waals surface area contributed by atoms with E-state index in [-0.39, 0.29) is 36.5 Å². The summed E-state index contributed by atoms with van der Waals surface area (Å²) in [6.45, 7) is 11.6. The summed E-state index contributed by atoms with van der Waals surface area (Å²) in [6, 6.07) is -0.483. The average molecular weight is 738 g/mol. The van der Waals surface area contributed by atoms with Crippen molar-refractivity contribution in [3.63, 3.8) is 0 Å². The molecule has 3 aliphatic rings. The van der Waals surface area contributed by atoms with Gasteiger partial charge in [-0.1, -0.05) is 90.1 Å². The van der Waals surface area contributed by atoms with Gasteiger partial charge >= 0.3 is 0 Å². The topological polar surface area (TPSA) is 140 Å². The van der Waals surface area contributed by atoms with Crippen LogP contribution in [0.5, 0.6) is 0 Å². The van der Waals surface area contributed by atoms with Crippen LogP contribution in [0.4, 0.5) is 0 Å². The van der Waals surface area contributed by atoms with Gasteiger partial charge in [0.05, 0.1) is 25.9 Å². The van der Waals surface area contributed by atoms with Gasteiger partial charge in [-0.2, -0.15) is 0 Å². The summed E-state index contributed by atoms with van der Waals surface area (Å²) in [5.74, 6) is -0.0812. The molecule has 0 aromatic heterocycles. The molecule has 2 saturated heterocycles. The van der Waals surface area contributed by atoms with Gasteiger partial charge in [-0.25, -0.2) is 0 Å². The van der Waals surface area contributed by atoms with Crippen LogP contribution in [-0.2, 0) is 28.5 Å². The molecule has 53 heavy (non-hydrogen) atoms. The molecule has 11 heteroatoms. The van der Waals surface area contributed by atoms with E-state index in [0.29, 0.717) is 12.8 Å². The van der Waals surface area contributed by atoms with Gasteiger partial charge in [0.15, 0.2) is 18.3 Å². The second-order valence-electron chi connectivity index (χ2n) is 14.1. The molecule has 3 rings (SSSR count). The lowest BCUT2D eigenvalue weighted by Gasteiger charge is -2.44. The highest BCUT2D eigenvalue weighted by Crippen LogP contribution is 2.28. The third kappa shape index (κ3) is 14.4. The number of hydrogen-bond donors (Lipinski definition) is 5. The minimum atomic E-state index is -1.48. The van der Waals surface area contributed by atoms with Crippen molar-refractivity contribution in [2.24, 2.45) is 0 Å². The van der Waals surface area contributed by atoms with Crippen LogP contribution < -0.4 is 16.0 Å². The van der Waals surface area contributed by atoms with Gasteiger partial charge in [0.25, 0.3) is 5.91 Å². The van der Waals surface area contributed by atoms with E-state index in [4.69, 9.17) is 23.7 Å². The van der Waals surface area contributed by atoms with E-state index in [2.05, 4.69) is 22.0 Å². The van der Waals surface area contributed by atoms with Crippen molar-refractivity contribution in [1.82, 2.24) is 16.0 Å². The lowest BCUT2D eigenvalue weighted by Crippen LogP contribution is -2.62. The molecular formula is C42H63N3O8. The summed E-state index contributed by atoms with van der Waals surface area (Å²) in [4.78, 5) is 12.9. The molecule has 0 unspecified atom stereocenters. The van der Waals surface area contributed by atoms with Crippen molar-refractivity contribution in [1.29, 1.82) is 0 Å². The molecule has 10 atom stereocenters. The van der Waals surface area contributed by atoms with Crippen LogP contribution in [0.3, 0.4) is 0 Å². The fourth-order valence-corrected chi connectivity index (χ4v) is 6.14. The van der Waals surface area contributed by atoms with Crippen LogP contribution >= 0.6 is 0 Å². The molecule has 294 valence electrons. The van der Waals surface area contributed by atoms with E-state index in [1.54, 1.807) is 44.4 Å². The number of carbonyl (C=O) groups is 1. The molecule has 0 radical (unpaired) electrons. The Morgan fingerprint density at radius 1 is 0.925 bits per heavy atom. The van der Waals surface area contributed by atoms with E-state index in [1.807, 2.05) is 90.3 Å². The predicted octanol–water partition coefficient (Wildman–Crippen LogP) is 4.98. The first-order chi connectivity index (χ1) is 25.3. The van der Waals surface area contributed by atoms with E-state index < -0.39 is 42.5 Å². The third-order valence-electron chi connectivity index (χ3n) is 9.46. The molecule has 1 amide bonds. The number of aliphatic hydroxyl groups is 2. The zero-order valence-electron chi connectivity index (χ0n) is 33.0. The summed E-state index contributed by atoms with van der Waals surface area (Å²) in [5.41, 5.74) is 1.41. The van der Waals surface area contributed by atoms with Crippen LogP contribution in [0, 0.1) is 0 Å². The predicted molar refractivity (Wildman–Crippen MR) is 210 cm³/mol. The Balaban J connectivity index is 1.85. The monoisotopic (exact) mass is 737 g/mol. The maximum Gasteiger partial charge on any atom is 0.286 e. The molecule has 2 fully saturated rings. The number of aliphatic hydroxyl groups excluding tert-OH is 1. The fraction of sp³-hybridized carbons (Fsp3) is 0.548. The number of hydrogen-bond acceptors (Lipinski definition) is 10. The Morgan fingerprint density at radius 3 is 2.36 bits per heavy atom. The Kier molecular flexibility index (Phi) is 18.4. The van der Waals surface area contributed by atoms with Crippen LogP contribution in [-0.4, -0.2) is 105 Å². The SMILES string of the molecule is CN[C@H]1[C@H](O[C@H]2/C=C/C=C/C(C)=C\C=C\C(C)=C/C[C@H](C)NC(=O)\C(OC)=C/C(C)=C\C=C/C=C\[C@@]2(C)O)OC[C@@H](O[C@H]2CC[C@H](NC)[C@@H](C)O2)[C@@H]1O. The van der Waals surface area contributed by atoms with Gasteiger partial charge < -0.3 is 49.8 Å². The molecule has 5 N–H and O–H groups in total. The lowest BCUT2D eigenvalue weighted by molar-refractivity contribution is -0.295. The second kappa shape index (κ2) is 22.1. The van der Waals surface area contributed by atoms with E-state index in [1.165, 1.54) is 7.11 Å². The highest BCUT2D eigenvalue weighted by Gasteiger charge is 2.44. The molecule has 0 aliphatic carbocycles. The molecule has 0 saturated carbocycles. The zero-order valence-corrected chi connectivity index (χ0v) is 33.0. The van der Waals surface area contributed by atoms with Gasteiger partial charge in [0, 0.05) is 12.1 Å². The minimum Gasteiger partial charge on any atom is -0.491 e. The van der Waals surface area contributed by atoms with Crippen molar-refractivity contribution in [2.45, 2.75) is 122 Å². The van der Waals surface area contributed by atoms with Crippen LogP contribution in [0.25, 0.3) is 0 Å². The van der Waals surface area contributed by atoms with E-state index >= 15 is 0 Å². The summed E-state index contributed by atoms with van der Waals surface area (Å²) in [7, 11) is 5.12. The van der Waals surface area contributed by atoms with Crippen molar-refractivity contribution >= 4 is 5.91 Å². The highest BCUT2D eigenvalue weighted by atomic mass is 16.7. The van der Waals surface area contributed by atoms with Gasteiger partial charge in [-0.05, 0) is 86.5 Å². The standard InChI is InChI=1S/C42H63N3O8/c1-28-16-12-13-20-36(53-41-38(44-8)39(46)35(27-50-41)52-37-24-23-33(43-7)32(5)51-37)42(6,48)25-14-10-11-17-30(3)26-34(49-9)40(47)45-31(4)22-21-29(2)19-15-18-28/h10-21,25-26,31-33,35-39,41,43-44,46,48H,22-24,27H2,1-9H3,(H,45,47)/b11-10-,16-12+,19-15+,20-13+,25-14-,28-18-,29-21-,30-17-,34-26+/t31-,32+,33-,35+,36-,37-,38+,39-,41-,42+/m0/s1. The summed E-state index contributed by atoms with van der Waals surface area (Å²) >= 11 is 0. The molecule has 0 aromatic rings. The maximum absolute atomic E-state index is 12.9. The molecule has 3 aliphatic heterocycles. The Morgan fingerprint density at radius 2 is 1.66 bits per heavy atom. The van der Waals surface area contributed by atoms with Crippen molar-refractivity contribution in [2.75, 3.05) is 27.8 Å². The first kappa shape index (κ1) is 44.0. The Bertz CT molecular complexity index is 1460. The Labute approximate surface area is 316 Å². The molecule has 0 spiro atoms. The number of likely N-dealkylation sites (N-methyl/N-ethyl adjacent to an activating group) is 2. The summed E-state index contributed by atoms with van der Waals surface area (Å²) in [5, 5.41) is 32.5. The Hall–Kier alpha value is -3.39. The smallest absolute Gasteiger partial charge is 0.286 e. The first-order valence-corrected chi connectivity index (χ1v) is 18.6. The highest BCUT2D eigenvalue weighted by molar-refractivity contribution is 5.92. The van der Waals surface area contributed by atoms with Crippen LogP contribution in [0.1, 0.15) is 60.8 Å². The largest absolute Gasteiger partial charge is 0.491 e. The van der Waals surface area contributed by atoms with Crippen molar-refractivity contribution in [3.05, 3.63) is 108 Å². The van der Waals surface area contributed by atoms with Gasteiger partial charge in [0.2, 0.25) is 0 Å². The summed E-state index contributed by atoms with van der Waals surface area (Å²) < 4.78 is 30.2. The van der Waals surface area contributed by atoms with Crippen molar-refractivity contribution < 1.29 is 38.7 Å². The second-order valence-corrected chi connectivity index (χ2v) is 14.1. The minimum absolute atomic E-state index is 0.0257. The number of nitrogens with one attached hydrogen (secondary N) is 3. The number of carbonyl (C=O) groups excluding carboxylic acids is 1. The number of rotatable bonds is 7. The van der Waals surface area contributed by atoms with E-state index in [9.17, 15) is 15.0 Å². The molecule has 0 bridgehead atoms. The van der Waals surface area contributed by atoms with Crippen LogP contribution in [0.2, 0.25) is 0 Å². The quantitative estimate of drug-likeness (QED) is 0.243. The zero-order chi connectivity index (χ0) is 39.0. The maximum atomic E-state index is 12.9. The number of allylic oxidation sites excluding steroid dienone is 14. The molecule has 0 aromatic carbocycles. The molecule has 11 nitrogen and oxygen atoms in total. The van der Waals surface area contributed by atoms with Gasteiger partial charge in [-0.15, -0.1) is 0 Å².